The molecule has 0 saturated carbocycles. The van der Waals surface area contributed by atoms with Gasteiger partial charge in [-0.2, -0.15) is 0 Å². The maximum Gasteiger partial charge on any atom is 0.314 e. The van der Waals surface area contributed by atoms with E-state index in [1.807, 2.05) is 59.3 Å². The van der Waals surface area contributed by atoms with E-state index in [0.717, 1.165) is 27.0 Å². The molecular weight excluding hydrogens is 356 g/mol. The molecule has 0 aliphatic rings. The van der Waals surface area contributed by atoms with E-state index in [9.17, 15) is 4.79 Å². The minimum Gasteiger partial charge on any atom is -0.338 e. The second-order valence-corrected chi connectivity index (χ2v) is 7.04. The lowest BCUT2D eigenvalue weighted by Gasteiger charge is -2.07. The Labute approximate surface area is 155 Å². The minimum absolute atomic E-state index is 0.152. The maximum atomic E-state index is 11.8. The van der Waals surface area contributed by atoms with Crippen molar-refractivity contribution < 1.29 is 4.79 Å². The summed E-state index contributed by atoms with van der Waals surface area (Å²) < 4.78 is 1.98. The molecule has 0 spiro atoms. The largest absolute Gasteiger partial charge is 0.338 e. The molecule has 5 nitrogen and oxygen atoms in total. The number of urea groups is 1. The molecule has 3 rings (SSSR count). The van der Waals surface area contributed by atoms with Crippen LogP contribution in [0.3, 0.4) is 0 Å². The molecule has 2 N–H and O–H groups in total. The first-order valence-electron chi connectivity index (χ1n) is 8.03. The molecule has 3 aromatic rings. The number of hydrogen-bond donors (Lipinski definition) is 2. The van der Waals surface area contributed by atoms with E-state index < -0.39 is 0 Å². The molecule has 0 aliphatic heterocycles. The predicted molar refractivity (Wildman–Crippen MR) is 102 cm³/mol. The molecule has 1 aromatic carbocycles. The van der Waals surface area contributed by atoms with Gasteiger partial charge in [0.2, 0.25) is 0 Å². The molecule has 0 fully saturated rings. The van der Waals surface area contributed by atoms with Crippen molar-refractivity contribution >= 4 is 35.0 Å². The quantitative estimate of drug-likeness (QED) is 0.490. The number of amides is 2. The number of imidazole rings is 1. The highest BCUT2D eigenvalue weighted by Gasteiger charge is 2.03. The molecule has 2 heterocycles. The summed E-state index contributed by atoms with van der Waals surface area (Å²) in [4.78, 5) is 17.4. The molecular formula is C18H19ClN4OS. The fourth-order valence-corrected chi connectivity index (χ4v) is 3.23. The molecule has 7 heteroatoms. The summed E-state index contributed by atoms with van der Waals surface area (Å²) in [5.41, 5.74) is 1.88. The first kappa shape index (κ1) is 17.6. The van der Waals surface area contributed by atoms with Crippen molar-refractivity contribution in [2.24, 2.45) is 0 Å². The summed E-state index contributed by atoms with van der Waals surface area (Å²) >= 11 is 7.53. The second-order valence-electron chi connectivity index (χ2n) is 5.43. The Morgan fingerprint density at radius 3 is 2.72 bits per heavy atom. The van der Waals surface area contributed by atoms with Crippen LogP contribution in [0, 0.1) is 0 Å². The summed E-state index contributed by atoms with van der Waals surface area (Å²) in [5, 5.41) is 6.44. The van der Waals surface area contributed by atoms with Gasteiger partial charge in [0.1, 0.15) is 5.65 Å². The Morgan fingerprint density at radius 2 is 1.92 bits per heavy atom. The highest BCUT2D eigenvalue weighted by molar-refractivity contribution is 7.99. The van der Waals surface area contributed by atoms with Crippen LogP contribution < -0.4 is 10.6 Å². The molecule has 2 amide bonds. The van der Waals surface area contributed by atoms with Crippen molar-refractivity contribution in [1.82, 2.24) is 20.0 Å². The van der Waals surface area contributed by atoms with E-state index in [2.05, 4.69) is 15.6 Å². The van der Waals surface area contributed by atoms with Crippen LogP contribution in [0.15, 0.2) is 59.8 Å². The lowest BCUT2D eigenvalue weighted by Crippen LogP contribution is -2.37. The fraction of sp³-hybridized carbons (Fsp3) is 0.222. The number of pyridine rings is 1. The monoisotopic (exact) mass is 374 g/mol. The van der Waals surface area contributed by atoms with E-state index >= 15 is 0 Å². The number of nitrogens with zero attached hydrogens (tertiary/aromatic N) is 2. The van der Waals surface area contributed by atoms with Gasteiger partial charge in [0.15, 0.2) is 0 Å². The second kappa shape index (κ2) is 8.78. The van der Waals surface area contributed by atoms with Gasteiger partial charge in [0.25, 0.3) is 0 Å². The van der Waals surface area contributed by atoms with Crippen LogP contribution >= 0.6 is 23.4 Å². The molecule has 0 radical (unpaired) electrons. The van der Waals surface area contributed by atoms with Gasteiger partial charge in [0.05, 0.1) is 5.69 Å². The van der Waals surface area contributed by atoms with Crippen molar-refractivity contribution in [1.29, 1.82) is 0 Å². The number of carbonyl (C=O) groups is 1. The average Bonchev–Trinajstić information content (AvgIpc) is 3.03. The molecule has 25 heavy (non-hydrogen) atoms. The summed E-state index contributed by atoms with van der Waals surface area (Å²) in [6.07, 6.45) is 4.65. The van der Waals surface area contributed by atoms with Crippen LogP contribution in [0.2, 0.25) is 5.02 Å². The third-order valence-electron chi connectivity index (χ3n) is 3.55. The van der Waals surface area contributed by atoms with Gasteiger partial charge in [-0.15, -0.1) is 11.8 Å². The summed E-state index contributed by atoms with van der Waals surface area (Å²) in [6, 6.07) is 13.4. The van der Waals surface area contributed by atoms with Gasteiger partial charge in [-0.1, -0.05) is 17.7 Å². The average molecular weight is 375 g/mol. The highest BCUT2D eigenvalue weighted by Crippen LogP contribution is 2.19. The molecule has 0 atom stereocenters. The third-order valence-corrected chi connectivity index (χ3v) is 4.82. The predicted octanol–water partition coefficient (Wildman–Crippen LogP) is 3.62. The van der Waals surface area contributed by atoms with E-state index in [0.29, 0.717) is 19.5 Å². The molecule has 0 bridgehead atoms. The van der Waals surface area contributed by atoms with Crippen molar-refractivity contribution in [2.75, 3.05) is 18.8 Å². The van der Waals surface area contributed by atoms with Crippen LogP contribution in [-0.2, 0) is 6.42 Å². The van der Waals surface area contributed by atoms with E-state index in [1.54, 1.807) is 11.8 Å². The zero-order valence-corrected chi connectivity index (χ0v) is 15.2. The minimum atomic E-state index is -0.152. The lowest BCUT2D eigenvalue weighted by atomic mass is 10.3. The van der Waals surface area contributed by atoms with Crippen molar-refractivity contribution in [3.8, 4) is 0 Å². The molecule has 0 saturated heterocycles. The number of nitrogens with one attached hydrogen (secondary N) is 2. The van der Waals surface area contributed by atoms with Crippen LogP contribution in [0.5, 0.6) is 0 Å². The number of fused-ring (bicyclic) bond motifs is 1. The van der Waals surface area contributed by atoms with Crippen LogP contribution in [0.1, 0.15) is 5.69 Å². The zero-order chi connectivity index (χ0) is 17.5. The Hall–Kier alpha value is -2.18. The summed E-state index contributed by atoms with van der Waals surface area (Å²) in [6.45, 7) is 1.16. The Balaban J connectivity index is 1.32. The van der Waals surface area contributed by atoms with Crippen LogP contribution in [0.25, 0.3) is 5.65 Å². The van der Waals surface area contributed by atoms with Crippen molar-refractivity contribution in [2.45, 2.75) is 11.3 Å². The normalized spacial score (nSPS) is 10.8. The van der Waals surface area contributed by atoms with Crippen molar-refractivity contribution in [3.05, 3.63) is 65.6 Å². The number of halogens is 1. The number of thioether (sulfide) groups is 1. The van der Waals surface area contributed by atoms with Crippen LogP contribution in [-0.4, -0.2) is 34.3 Å². The van der Waals surface area contributed by atoms with Crippen LogP contribution in [0.4, 0.5) is 4.79 Å². The van der Waals surface area contributed by atoms with E-state index in [1.165, 1.54) is 0 Å². The Morgan fingerprint density at radius 1 is 1.12 bits per heavy atom. The SMILES string of the molecule is O=C(NCCSc1ccc(Cl)cc1)NCCc1cn2ccccc2n1. The third kappa shape index (κ3) is 5.41. The van der Waals surface area contributed by atoms with Gasteiger partial charge >= 0.3 is 6.03 Å². The number of hydrogen-bond acceptors (Lipinski definition) is 3. The first-order chi connectivity index (χ1) is 12.2. The summed E-state index contributed by atoms with van der Waals surface area (Å²) in [7, 11) is 0. The van der Waals surface area contributed by atoms with E-state index in [-0.39, 0.29) is 6.03 Å². The van der Waals surface area contributed by atoms with Gasteiger partial charge in [-0.05, 0) is 36.4 Å². The fourth-order valence-electron chi connectivity index (χ4n) is 2.34. The van der Waals surface area contributed by atoms with E-state index in [4.69, 9.17) is 11.6 Å². The first-order valence-corrected chi connectivity index (χ1v) is 9.40. The number of rotatable bonds is 7. The summed E-state index contributed by atoms with van der Waals surface area (Å²) in [5.74, 6) is 0.807. The number of carbonyl (C=O) groups excluding carboxylic acids is 1. The molecule has 2 aromatic heterocycles. The van der Waals surface area contributed by atoms with Gasteiger partial charge < -0.3 is 15.0 Å². The van der Waals surface area contributed by atoms with Gasteiger partial charge in [-0.25, -0.2) is 9.78 Å². The molecule has 0 unspecified atom stereocenters. The lowest BCUT2D eigenvalue weighted by molar-refractivity contribution is 0.241. The maximum absolute atomic E-state index is 11.8. The highest BCUT2D eigenvalue weighted by atomic mass is 35.5. The number of benzene rings is 1. The topological polar surface area (TPSA) is 58.4 Å². The van der Waals surface area contributed by atoms with Gasteiger partial charge in [-0.3, -0.25) is 0 Å². The van der Waals surface area contributed by atoms with Crippen molar-refractivity contribution in [3.63, 3.8) is 0 Å². The zero-order valence-electron chi connectivity index (χ0n) is 13.6. The Bertz CT molecular complexity index is 801. The molecule has 130 valence electrons. The number of aromatic nitrogens is 2. The molecule has 0 aliphatic carbocycles. The smallest absolute Gasteiger partial charge is 0.314 e. The van der Waals surface area contributed by atoms with Gasteiger partial charge in [0, 0.05) is 47.6 Å². The standard InChI is InChI=1S/C18H19ClN4OS/c19-14-4-6-16(7-5-14)25-12-10-21-18(24)20-9-8-15-13-23-11-2-1-3-17(23)22-15/h1-7,11,13H,8-10,12H2,(H2,20,21,24). The Kier molecular flexibility index (Phi) is 6.19.